The molecule has 1 saturated heterocycles. The van der Waals surface area contributed by atoms with Gasteiger partial charge >= 0.3 is 0 Å². The minimum absolute atomic E-state index is 0.0655. The van der Waals surface area contributed by atoms with E-state index in [9.17, 15) is 9.59 Å². The maximum absolute atomic E-state index is 12.3. The van der Waals surface area contributed by atoms with Gasteiger partial charge in [0.15, 0.2) is 0 Å². The Balaban J connectivity index is 1.62. The molecule has 0 bridgehead atoms. The Labute approximate surface area is 141 Å². The Morgan fingerprint density at radius 3 is 2.71 bits per heavy atom. The van der Waals surface area contributed by atoms with Crippen LogP contribution in [0.15, 0.2) is 29.1 Å². The molecule has 2 heterocycles. The van der Waals surface area contributed by atoms with Crippen LogP contribution in [-0.4, -0.2) is 46.7 Å². The van der Waals surface area contributed by atoms with Crippen molar-refractivity contribution >= 4 is 16.7 Å². The van der Waals surface area contributed by atoms with Gasteiger partial charge < -0.3 is 10.2 Å². The van der Waals surface area contributed by atoms with Crippen LogP contribution < -0.4 is 10.9 Å². The van der Waals surface area contributed by atoms with Gasteiger partial charge in [-0.3, -0.25) is 9.59 Å². The van der Waals surface area contributed by atoms with Crippen LogP contribution in [0.5, 0.6) is 0 Å². The topological polar surface area (TPSA) is 78.1 Å². The van der Waals surface area contributed by atoms with Crippen LogP contribution in [0, 0.1) is 0 Å². The van der Waals surface area contributed by atoms with E-state index in [0.29, 0.717) is 11.1 Å². The minimum Gasteiger partial charge on any atom is -0.352 e. The van der Waals surface area contributed by atoms with Crippen molar-refractivity contribution in [1.29, 1.82) is 0 Å². The van der Waals surface area contributed by atoms with E-state index in [0.717, 1.165) is 25.0 Å². The average Bonchev–Trinajstić information content (AvgIpc) is 2.58. The van der Waals surface area contributed by atoms with E-state index in [2.05, 4.69) is 20.4 Å². The first kappa shape index (κ1) is 16.6. The van der Waals surface area contributed by atoms with Gasteiger partial charge in [0.25, 0.3) is 5.56 Å². The van der Waals surface area contributed by atoms with Crippen molar-refractivity contribution in [2.45, 2.75) is 38.6 Å². The fraction of sp³-hybridized carbons (Fsp3) is 0.500. The molecule has 24 heavy (non-hydrogen) atoms. The van der Waals surface area contributed by atoms with Crippen LogP contribution >= 0.6 is 0 Å². The van der Waals surface area contributed by atoms with Crippen LogP contribution in [0.2, 0.25) is 0 Å². The number of H-pyrrole nitrogens is 1. The standard InChI is InChI=1S/C18H24N4O2/c1-13(12-22-9-5-2-6-10-22)19-17(23)11-16-14-7-3-4-8-15(14)18(24)21-20-16/h3-4,7-8,13H,2,5-6,9-12H2,1H3,(H,19,23)(H,21,24). The number of nitrogens with zero attached hydrogens (tertiary/aromatic N) is 2. The van der Waals surface area contributed by atoms with Gasteiger partial charge in [-0.05, 0) is 38.9 Å². The third-order valence-electron chi connectivity index (χ3n) is 4.49. The lowest BCUT2D eigenvalue weighted by atomic mass is 10.1. The van der Waals surface area contributed by atoms with Crippen LogP contribution in [0.25, 0.3) is 10.8 Å². The molecule has 128 valence electrons. The number of aromatic nitrogens is 2. The molecule has 1 atom stereocenters. The van der Waals surface area contributed by atoms with Gasteiger partial charge in [-0.1, -0.05) is 24.6 Å². The van der Waals surface area contributed by atoms with Crippen molar-refractivity contribution in [2.75, 3.05) is 19.6 Å². The van der Waals surface area contributed by atoms with Gasteiger partial charge in [-0.2, -0.15) is 5.10 Å². The lowest BCUT2D eigenvalue weighted by Crippen LogP contribution is -2.44. The highest BCUT2D eigenvalue weighted by molar-refractivity contribution is 5.88. The first-order chi connectivity index (χ1) is 11.6. The fourth-order valence-electron chi connectivity index (χ4n) is 3.36. The van der Waals surface area contributed by atoms with E-state index in [1.54, 1.807) is 6.07 Å². The number of benzene rings is 1. The number of likely N-dealkylation sites (tertiary alicyclic amines) is 1. The molecule has 6 heteroatoms. The smallest absolute Gasteiger partial charge is 0.272 e. The summed E-state index contributed by atoms with van der Waals surface area (Å²) >= 11 is 0. The highest BCUT2D eigenvalue weighted by atomic mass is 16.1. The van der Waals surface area contributed by atoms with E-state index in [1.807, 2.05) is 25.1 Å². The number of piperidine rings is 1. The van der Waals surface area contributed by atoms with Gasteiger partial charge in [-0.25, -0.2) is 5.10 Å². The highest BCUT2D eigenvalue weighted by Crippen LogP contribution is 2.13. The lowest BCUT2D eigenvalue weighted by Gasteiger charge is -2.29. The van der Waals surface area contributed by atoms with Crippen LogP contribution in [-0.2, 0) is 11.2 Å². The van der Waals surface area contributed by atoms with Crippen LogP contribution in [0.1, 0.15) is 31.9 Å². The van der Waals surface area contributed by atoms with Gasteiger partial charge in [0.1, 0.15) is 0 Å². The molecule has 0 radical (unpaired) electrons. The Kier molecular flexibility index (Phi) is 5.25. The van der Waals surface area contributed by atoms with Crippen molar-refractivity contribution in [3.8, 4) is 0 Å². The second-order valence-corrected chi connectivity index (χ2v) is 6.55. The number of hydrogen-bond donors (Lipinski definition) is 2. The normalized spacial score (nSPS) is 16.9. The average molecular weight is 328 g/mol. The van der Waals surface area contributed by atoms with Crippen molar-refractivity contribution in [3.05, 3.63) is 40.3 Å². The quantitative estimate of drug-likeness (QED) is 0.871. The summed E-state index contributed by atoms with van der Waals surface area (Å²) in [5.74, 6) is -0.0655. The number of hydrogen-bond acceptors (Lipinski definition) is 4. The summed E-state index contributed by atoms with van der Waals surface area (Å²) in [7, 11) is 0. The number of rotatable bonds is 5. The summed E-state index contributed by atoms with van der Waals surface area (Å²) in [6.45, 7) is 5.15. The number of nitrogens with one attached hydrogen (secondary N) is 2. The monoisotopic (exact) mass is 328 g/mol. The molecular formula is C18H24N4O2. The molecule has 2 aromatic rings. The minimum atomic E-state index is -0.228. The second-order valence-electron chi connectivity index (χ2n) is 6.55. The first-order valence-corrected chi connectivity index (χ1v) is 8.61. The first-order valence-electron chi connectivity index (χ1n) is 8.61. The van der Waals surface area contributed by atoms with Crippen molar-refractivity contribution < 1.29 is 4.79 Å². The Hall–Kier alpha value is -2.21. The predicted octanol–water partition coefficient (Wildman–Crippen LogP) is 1.46. The molecule has 0 saturated carbocycles. The van der Waals surface area contributed by atoms with E-state index in [4.69, 9.17) is 0 Å². The Morgan fingerprint density at radius 1 is 1.25 bits per heavy atom. The number of carbonyl (C=O) groups is 1. The van der Waals surface area contributed by atoms with Crippen molar-refractivity contribution in [2.24, 2.45) is 0 Å². The molecule has 0 spiro atoms. The zero-order valence-corrected chi connectivity index (χ0v) is 14.0. The van der Waals surface area contributed by atoms with E-state index < -0.39 is 0 Å². The van der Waals surface area contributed by atoms with Gasteiger partial charge in [0, 0.05) is 18.0 Å². The highest BCUT2D eigenvalue weighted by Gasteiger charge is 2.16. The number of amides is 1. The molecule has 1 amide bonds. The summed E-state index contributed by atoms with van der Waals surface area (Å²) in [5.41, 5.74) is 0.376. The van der Waals surface area contributed by atoms with Gasteiger partial charge in [0.2, 0.25) is 5.91 Å². The molecule has 2 N–H and O–H groups in total. The van der Waals surface area contributed by atoms with Crippen LogP contribution in [0.4, 0.5) is 0 Å². The molecule has 3 rings (SSSR count). The number of carbonyl (C=O) groups excluding carboxylic acids is 1. The molecule has 1 fully saturated rings. The van der Waals surface area contributed by atoms with Crippen LogP contribution in [0.3, 0.4) is 0 Å². The van der Waals surface area contributed by atoms with E-state index in [1.165, 1.54) is 19.3 Å². The summed E-state index contributed by atoms with van der Waals surface area (Å²) < 4.78 is 0. The molecule has 1 unspecified atom stereocenters. The summed E-state index contributed by atoms with van der Waals surface area (Å²) in [6.07, 6.45) is 3.96. The maximum Gasteiger partial charge on any atom is 0.272 e. The predicted molar refractivity (Wildman–Crippen MR) is 94.0 cm³/mol. The summed E-state index contributed by atoms with van der Waals surface area (Å²) in [5, 5.41) is 10.9. The zero-order chi connectivity index (χ0) is 16.9. The molecule has 1 aromatic carbocycles. The maximum atomic E-state index is 12.3. The van der Waals surface area contributed by atoms with Gasteiger partial charge in [0.05, 0.1) is 17.5 Å². The van der Waals surface area contributed by atoms with E-state index in [-0.39, 0.29) is 23.9 Å². The van der Waals surface area contributed by atoms with Gasteiger partial charge in [-0.15, -0.1) is 0 Å². The van der Waals surface area contributed by atoms with Crippen molar-refractivity contribution in [1.82, 2.24) is 20.4 Å². The molecular weight excluding hydrogens is 304 g/mol. The molecule has 1 aromatic heterocycles. The summed E-state index contributed by atoms with van der Waals surface area (Å²) in [4.78, 5) is 26.5. The summed E-state index contributed by atoms with van der Waals surface area (Å²) in [6, 6.07) is 7.34. The third kappa shape index (κ3) is 4.00. The Morgan fingerprint density at radius 2 is 1.96 bits per heavy atom. The van der Waals surface area contributed by atoms with E-state index >= 15 is 0 Å². The fourth-order valence-corrected chi connectivity index (χ4v) is 3.36. The third-order valence-corrected chi connectivity index (χ3v) is 4.49. The number of fused-ring (bicyclic) bond motifs is 1. The lowest BCUT2D eigenvalue weighted by molar-refractivity contribution is -0.121. The zero-order valence-electron chi connectivity index (χ0n) is 14.0. The molecule has 1 aliphatic rings. The SMILES string of the molecule is CC(CN1CCCCC1)NC(=O)Cc1n[nH]c(=O)c2ccccc12. The second kappa shape index (κ2) is 7.57. The van der Waals surface area contributed by atoms with Crippen molar-refractivity contribution in [3.63, 3.8) is 0 Å². The molecule has 0 aliphatic carbocycles. The largest absolute Gasteiger partial charge is 0.352 e. The Bertz CT molecular complexity index is 765. The molecule has 1 aliphatic heterocycles. The molecule has 6 nitrogen and oxygen atoms in total. The number of aromatic amines is 1.